The molecule has 156 valence electrons. The highest BCUT2D eigenvalue weighted by Crippen LogP contribution is 2.12. The Kier molecular flexibility index (Phi) is 7.66. The van der Waals surface area contributed by atoms with Gasteiger partial charge in [0.1, 0.15) is 0 Å². The Labute approximate surface area is 177 Å². The van der Waals surface area contributed by atoms with Crippen molar-refractivity contribution in [1.29, 1.82) is 0 Å². The third-order valence-corrected chi connectivity index (χ3v) is 7.06. The van der Waals surface area contributed by atoms with E-state index in [-0.39, 0.29) is 24.6 Å². The molecule has 1 amide bonds. The number of benzene rings is 2. The van der Waals surface area contributed by atoms with Gasteiger partial charge in [0, 0.05) is 44.3 Å². The first-order valence-electron chi connectivity index (χ1n) is 9.68. The van der Waals surface area contributed by atoms with Gasteiger partial charge in [-0.05, 0) is 23.3 Å². The molecule has 2 aromatic rings. The maximum Gasteiger partial charge on any atom is 0.224 e. The lowest BCUT2D eigenvalue weighted by molar-refractivity contribution is -0.120. The predicted molar refractivity (Wildman–Crippen MR) is 115 cm³/mol. The molecule has 0 spiro atoms. The molecule has 3 rings (SSSR count). The minimum Gasteiger partial charge on any atom is -0.355 e. The minimum absolute atomic E-state index is 0.0853. The Morgan fingerprint density at radius 2 is 1.59 bits per heavy atom. The van der Waals surface area contributed by atoms with E-state index in [1.54, 1.807) is 24.3 Å². The van der Waals surface area contributed by atoms with Gasteiger partial charge in [-0.1, -0.05) is 54.1 Å². The van der Waals surface area contributed by atoms with Crippen molar-refractivity contribution in [3.05, 3.63) is 70.7 Å². The van der Waals surface area contributed by atoms with E-state index in [0.29, 0.717) is 31.2 Å². The number of amides is 1. The van der Waals surface area contributed by atoms with E-state index in [4.69, 9.17) is 11.6 Å². The van der Waals surface area contributed by atoms with Gasteiger partial charge in [-0.2, -0.15) is 4.31 Å². The summed E-state index contributed by atoms with van der Waals surface area (Å²) in [6.07, 6.45) is 0.204. The fourth-order valence-corrected chi connectivity index (χ4v) is 4.77. The van der Waals surface area contributed by atoms with Crippen molar-refractivity contribution in [3.63, 3.8) is 0 Å². The number of nitrogens with one attached hydrogen (secondary N) is 1. The van der Waals surface area contributed by atoms with Crippen LogP contribution in [0.25, 0.3) is 0 Å². The molecule has 0 unspecified atom stereocenters. The quantitative estimate of drug-likeness (QED) is 0.689. The Hall–Kier alpha value is -1.93. The lowest BCUT2D eigenvalue weighted by atomic mass is 10.1. The van der Waals surface area contributed by atoms with Crippen molar-refractivity contribution in [2.45, 2.75) is 13.0 Å². The standard InChI is InChI=1S/C21H26ClN3O3S/c22-20-8-6-18(7-9-20)16-21(26)23-10-15-29(27,28)25-13-11-24(12-14-25)17-19-4-2-1-3-5-19/h1-9H,10-17H2,(H,23,26). The fourth-order valence-electron chi connectivity index (χ4n) is 3.31. The fraction of sp³-hybridized carbons (Fsp3) is 0.381. The van der Waals surface area contributed by atoms with Crippen LogP contribution in [0.3, 0.4) is 0 Å². The molecule has 0 bridgehead atoms. The van der Waals surface area contributed by atoms with Gasteiger partial charge in [-0.15, -0.1) is 0 Å². The Morgan fingerprint density at radius 3 is 2.24 bits per heavy atom. The Bertz CT molecular complexity index is 897. The van der Waals surface area contributed by atoms with Crippen LogP contribution in [0.2, 0.25) is 5.02 Å². The van der Waals surface area contributed by atoms with Crippen LogP contribution < -0.4 is 5.32 Å². The van der Waals surface area contributed by atoms with Crippen molar-refractivity contribution in [2.75, 3.05) is 38.5 Å². The summed E-state index contributed by atoms with van der Waals surface area (Å²) in [4.78, 5) is 14.3. The highest BCUT2D eigenvalue weighted by molar-refractivity contribution is 7.89. The zero-order valence-electron chi connectivity index (χ0n) is 16.3. The topological polar surface area (TPSA) is 69.7 Å². The van der Waals surface area contributed by atoms with Gasteiger partial charge < -0.3 is 5.32 Å². The van der Waals surface area contributed by atoms with Crippen LogP contribution in [-0.2, 0) is 27.8 Å². The van der Waals surface area contributed by atoms with Gasteiger partial charge in [-0.25, -0.2) is 8.42 Å². The zero-order chi connectivity index (χ0) is 20.7. The van der Waals surface area contributed by atoms with Crippen LogP contribution in [0.1, 0.15) is 11.1 Å². The highest BCUT2D eigenvalue weighted by atomic mass is 35.5. The second kappa shape index (κ2) is 10.2. The number of piperazine rings is 1. The van der Waals surface area contributed by atoms with Crippen LogP contribution in [0.15, 0.2) is 54.6 Å². The van der Waals surface area contributed by atoms with Crippen molar-refractivity contribution in [3.8, 4) is 0 Å². The van der Waals surface area contributed by atoms with E-state index in [2.05, 4.69) is 22.3 Å². The molecule has 0 saturated carbocycles. The molecule has 1 N–H and O–H groups in total. The zero-order valence-corrected chi connectivity index (χ0v) is 17.8. The molecule has 8 heteroatoms. The molecule has 0 aliphatic carbocycles. The molecule has 6 nitrogen and oxygen atoms in total. The van der Waals surface area contributed by atoms with E-state index in [1.165, 1.54) is 9.87 Å². The first kappa shape index (κ1) is 21.8. The molecule has 0 aromatic heterocycles. The van der Waals surface area contributed by atoms with E-state index in [1.807, 2.05) is 18.2 Å². The molecule has 1 saturated heterocycles. The van der Waals surface area contributed by atoms with Crippen molar-refractivity contribution in [2.24, 2.45) is 0 Å². The summed E-state index contributed by atoms with van der Waals surface area (Å²) in [5.74, 6) is -0.284. The summed E-state index contributed by atoms with van der Waals surface area (Å²) in [6, 6.07) is 17.2. The van der Waals surface area contributed by atoms with Crippen LogP contribution in [0.4, 0.5) is 0 Å². The molecule has 0 atom stereocenters. The first-order chi connectivity index (χ1) is 13.9. The third-order valence-electron chi connectivity index (χ3n) is 4.93. The summed E-state index contributed by atoms with van der Waals surface area (Å²) in [5.41, 5.74) is 2.07. The third kappa shape index (κ3) is 6.82. The van der Waals surface area contributed by atoms with Gasteiger partial charge in [0.15, 0.2) is 0 Å². The van der Waals surface area contributed by atoms with E-state index in [0.717, 1.165) is 12.1 Å². The van der Waals surface area contributed by atoms with Crippen LogP contribution >= 0.6 is 11.6 Å². The molecule has 1 heterocycles. The molecular formula is C21H26ClN3O3S. The smallest absolute Gasteiger partial charge is 0.224 e. The van der Waals surface area contributed by atoms with Gasteiger partial charge in [0.25, 0.3) is 0 Å². The molecule has 1 fully saturated rings. The number of carbonyl (C=O) groups excluding carboxylic acids is 1. The second-order valence-electron chi connectivity index (χ2n) is 7.13. The summed E-state index contributed by atoms with van der Waals surface area (Å²) in [7, 11) is -3.38. The first-order valence-corrected chi connectivity index (χ1v) is 11.7. The summed E-state index contributed by atoms with van der Waals surface area (Å²) in [6.45, 7) is 3.31. The lowest BCUT2D eigenvalue weighted by Gasteiger charge is -2.34. The van der Waals surface area contributed by atoms with Gasteiger partial charge in [0.05, 0.1) is 12.2 Å². The molecule has 1 aliphatic heterocycles. The predicted octanol–water partition coefficient (Wildman–Crippen LogP) is 2.15. The maximum atomic E-state index is 12.6. The number of sulfonamides is 1. The molecule has 2 aromatic carbocycles. The molecule has 29 heavy (non-hydrogen) atoms. The molecule has 1 aliphatic rings. The van der Waals surface area contributed by atoms with Crippen molar-refractivity contribution >= 4 is 27.5 Å². The average Bonchev–Trinajstić information content (AvgIpc) is 2.71. The van der Waals surface area contributed by atoms with Gasteiger partial charge >= 0.3 is 0 Å². The van der Waals surface area contributed by atoms with E-state index >= 15 is 0 Å². The lowest BCUT2D eigenvalue weighted by Crippen LogP contribution is -2.49. The number of halogens is 1. The van der Waals surface area contributed by atoms with Crippen LogP contribution in [-0.4, -0.2) is 62.0 Å². The van der Waals surface area contributed by atoms with Gasteiger partial charge in [0.2, 0.25) is 15.9 Å². The van der Waals surface area contributed by atoms with Crippen LogP contribution in [0, 0.1) is 0 Å². The SMILES string of the molecule is O=C(Cc1ccc(Cl)cc1)NCCS(=O)(=O)N1CCN(Cc2ccccc2)CC1. The normalized spacial score (nSPS) is 15.9. The van der Waals surface area contributed by atoms with Crippen LogP contribution in [0.5, 0.6) is 0 Å². The Morgan fingerprint density at radius 1 is 0.931 bits per heavy atom. The van der Waals surface area contributed by atoms with E-state index in [9.17, 15) is 13.2 Å². The summed E-state index contributed by atoms with van der Waals surface area (Å²) < 4.78 is 26.7. The second-order valence-corrected chi connectivity index (χ2v) is 9.65. The highest BCUT2D eigenvalue weighted by Gasteiger charge is 2.26. The monoisotopic (exact) mass is 435 g/mol. The summed E-state index contributed by atoms with van der Waals surface area (Å²) >= 11 is 5.83. The number of nitrogens with zero attached hydrogens (tertiary/aromatic N) is 2. The number of rotatable bonds is 8. The van der Waals surface area contributed by atoms with E-state index < -0.39 is 10.0 Å². The van der Waals surface area contributed by atoms with Crippen molar-refractivity contribution < 1.29 is 13.2 Å². The Balaban J connectivity index is 1.39. The van der Waals surface area contributed by atoms with Gasteiger partial charge in [-0.3, -0.25) is 9.69 Å². The number of carbonyl (C=O) groups is 1. The largest absolute Gasteiger partial charge is 0.355 e. The molecular weight excluding hydrogens is 410 g/mol. The van der Waals surface area contributed by atoms with Crippen molar-refractivity contribution in [1.82, 2.24) is 14.5 Å². The number of hydrogen-bond donors (Lipinski definition) is 1. The average molecular weight is 436 g/mol. The number of hydrogen-bond acceptors (Lipinski definition) is 4. The minimum atomic E-state index is -3.38. The maximum absolute atomic E-state index is 12.6. The summed E-state index contributed by atoms with van der Waals surface area (Å²) in [5, 5.41) is 3.31. The molecule has 0 radical (unpaired) electrons.